The van der Waals surface area contributed by atoms with Crippen molar-refractivity contribution >= 4 is 23.2 Å². The van der Waals surface area contributed by atoms with Crippen LogP contribution >= 0.6 is 12.2 Å². The summed E-state index contributed by atoms with van der Waals surface area (Å²) in [6.45, 7) is 2.50. The molecule has 1 heterocycles. The van der Waals surface area contributed by atoms with Crippen LogP contribution in [0.2, 0.25) is 0 Å². The monoisotopic (exact) mass is 292 g/mol. The first-order valence-corrected chi connectivity index (χ1v) is 7.27. The largest absolute Gasteiger partial charge is 0.481 e. The van der Waals surface area contributed by atoms with Gasteiger partial charge in [0.2, 0.25) is 0 Å². The van der Waals surface area contributed by atoms with Gasteiger partial charge in [0.15, 0.2) is 0 Å². The molecular formula is C15H20N2O2S. The van der Waals surface area contributed by atoms with Gasteiger partial charge in [0.1, 0.15) is 0 Å². The first-order valence-electron chi connectivity index (χ1n) is 6.86. The summed E-state index contributed by atoms with van der Waals surface area (Å²) in [4.78, 5) is 13.8. The summed E-state index contributed by atoms with van der Waals surface area (Å²) in [5.41, 5.74) is 8.03. The summed E-state index contributed by atoms with van der Waals surface area (Å²) in [7, 11) is 0. The van der Waals surface area contributed by atoms with E-state index in [0.717, 1.165) is 32.5 Å². The Bertz CT molecular complexity index is 496. The van der Waals surface area contributed by atoms with E-state index in [1.807, 2.05) is 12.1 Å². The van der Waals surface area contributed by atoms with E-state index >= 15 is 0 Å². The number of carboxylic acid groups (broad SMARTS) is 1. The maximum Gasteiger partial charge on any atom is 0.306 e. The van der Waals surface area contributed by atoms with Crippen LogP contribution in [0.25, 0.3) is 0 Å². The minimum Gasteiger partial charge on any atom is -0.481 e. The highest BCUT2D eigenvalue weighted by Gasteiger charge is 2.24. The SMILES string of the molecule is NC(=S)Cc1ccccc1CN1CCC(C(=O)O)CC1. The summed E-state index contributed by atoms with van der Waals surface area (Å²) >= 11 is 4.98. The second kappa shape index (κ2) is 6.81. The Morgan fingerprint density at radius 3 is 2.45 bits per heavy atom. The highest BCUT2D eigenvalue weighted by Crippen LogP contribution is 2.20. The van der Waals surface area contributed by atoms with Crippen LogP contribution in [0.1, 0.15) is 24.0 Å². The number of hydrogen-bond acceptors (Lipinski definition) is 3. The van der Waals surface area contributed by atoms with Crippen LogP contribution in [0.5, 0.6) is 0 Å². The number of rotatable bonds is 5. The first-order chi connectivity index (χ1) is 9.56. The molecule has 0 radical (unpaired) electrons. The minimum atomic E-state index is -0.668. The molecule has 0 atom stereocenters. The summed E-state index contributed by atoms with van der Waals surface area (Å²) in [6, 6.07) is 8.16. The number of carbonyl (C=O) groups is 1. The summed E-state index contributed by atoms with van der Waals surface area (Å²) < 4.78 is 0. The number of thiocarbonyl (C=S) groups is 1. The molecule has 2 rings (SSSR count). The third kappa shape index (κ3) is 4.02. The topological polar surface area (TPSA) is 66.6 Å². The van der Waals surface area contributed by atoms with E-state index in [1.165, 1.54) is 11.1 Å². The molecule has 3 N–H and O–H groups in total. The van der Waals surface area contributed by atoms with Crippen LogP contribution < -0.4 is 5.73 Å². The predicted octanol–water partition coefficient (Wildman–Crippen LogP) is 1.81. The van der Waals surface area contributed by atoms with Gasteiger partial charge in [-0.05, 0) is 37.1 Å². The molecule has 0 amide bonds. The van der Waals surface area contributed by atoms with Gasteiger partial charge >= 0.3 is 5.97 Å². The van der Waals surface area contributed by atoms with Gasteiger partial charge in [-0.2, -0.15) is 0 Å². The predicted molar refractivity (Wildman–Crippen MR) is 82.6 cm³/mol. The van der Waals surface area contributed by atoms with Crippen molar-refractivity contribution in [3.8, 4) is 0 Å². The summed E-state index contributed by atoms with van der Waals surface area (Å²) in [5.74, 6) is -0.850. The van der Waals surface area contributed by atoms with Gasteiger partial charge in [-0.15, -0.1) is 0 Å². The molecule has 4 nitrogen and oxygen atoms in total. The van der Waals surface area contributed by atoms with Crippen LogP contribution in [-0.2, 0) is 17.8 Å². The Balaban J connectivity index is 1.97. The highest BCUT2D eigenvalue weighted by atomic mass is 32.1. The average Bonchev–Trinajstić information content (AvgIpc) is 2.41. The standard InChI is InChI=1S/C15H20N2O2S/c16-14(20)9-12-3-1-2-4-13(12)10-17-7-5-11(6-8-17)15(18)19/h1-4,11H,5-10H2,(H2,16,20)(H,18,19). The molecule has 0 aromatic heterocycles. The molecule has 5 heteroatoms. The lowest BCUT2D eigenvalue weighted by atomic mass is 9.96. The molecule has 0 bridgehead atoms. The van der Waals surface area contributed by atoms with Gasteiger partial charge in [0.25, 0.3) is 0 Å². The normalized spacial score (nSPS) is 17.0. The number of aliphatic carboxylic acids is 1. The molecule has 0 saturated carbocycles. The Hall–Kier alpha value is -1.46. The number of hydrogen-bond donors (Lipinski definition) is 2. The highest BCUT2D eigenvalue weighted by molar-refractivity contribution is 7.80. The number of benzene rings is 1. The molecule has 0 spiro atoms. The molecule has 108 valence electrons. The van der Waals surface area contributed by atoms with Gasteiger partial charge in [-0.1, -0.05) is 36.5 Å². The fourth-order valence-corrected chi connectivity index (χ4v) is 2.81. The number of carboxylic acids is 1. The molecule has 1 aromatic carbocycles. The lowest BCUT2D eigenvalue weighted by Crippen LogP contribution is -2.36. The number of likely N-dealkylation sites (tertiary alicyclic amines) is 1. The first kappa shape index (κ1) is 14.9. The fraction of sp³-hybridized carbons (Fsp3) is 0.467. The lowest BCUT2D eigenvalue weighted by Gasteiger charge is -2.30. The van der Waals surface area contributed by atoms with Gasteiger partial charge in [0, 0.05) is 13.0 Å². The summed E-state index contributed by atoms with van der Waals surface area (Å²) in [5, 5.41) is 9.01. The number of nitrogens with two attached hydrogens (primary N) is 1. The maximum atomic E-state index is 10.9. The van der Waals surface area contributed by atoms with Crippen molar-refractivity contribution in [2.75, 3.05) is 13.1 Å². The van der Waals surface area contributed by atoms with Gasteiger partial charge in [-0.3, -0.25) is 9.69 Å². The molecule has 20 heavy (non-hydrogen) atoms. The minimum absolute atomic E-state index is 0.182. The second-order valence-electron chi connectivity index (χ2n) is 5.30. The zero-order chi connectivity index (χ0) is 14.5. The van der Waals surface area contributed by atoms with Crippen LogP contribution in [0.4, 0.5) is 0 Å². The van der Waals surface area contributed by atoms with Gasteiger partial charge < -0.3 is 10.8 Å². The van der Waals surface area contributed by atoms with Crippen molar-refractivity contribution < 1.29 is 9.90 Å². The van der Waals surface area contributed by atoms with Crippen molar-refractivity contribution in [2.45, 2.75) is 25.8 Å². The molecule has 1 fully saturated rings. The van der Waals surface area contributed by atoms with E-state index in [1.54, 1.807) is 0 Å². The molecule has 1 aromatic rings. The Morgan fingerprint density at radius 1 is 1.30 bits per heavy atom. The van der Waals surface area contributed by atoms with Crippen molar-refractivity contribution in [1.29, 1.82) is 0 Å². The molecule has 0 unspecified atom stereocenters. The van der Waals surface area contributed by atoms with E-state index in [0.29, 0.717) is 11.4 Å². The maximum absolute atomic E-state index is 10.9. The van der Waals surface area contributed by atoms with E-state index in [2.05, 4.69) is 17.0 Å². The molecule has 1 saturated heterocycles. The van der Waals surface area contributed by atoms with Crippen LogP contribution in [0.15, 0.2) is 24.3 Å². The van der Waals surface area contributed by atoms with E-state index < -0.39 is 5.97 Å². The third-order valence-corrected chi connectivity index (χ3v) is 3.96. The van der Waals surface area contributed by atoms with Gasteiger partial charge in [0.05, 0.1) is 10.9 Å². The zero-order valence-corrected chi connectivity index (χ0v) is 12.2. The van der Waals surface area contributed by atoms with Crippen molar-refractivity contribution in [3.05, 3.63) is 35.4 Å². The van der Waals surface area contributed by atoms with E-state index in [9.17, 15) is 4.79 Å². The molecule has 1 aliphatic heterocycles. The molecule has 1 aliphatic rings. The Labute approximate surface area is 124 Å². The smallest absolute Gasteiger partial charge is 0.306 e. The lowest BCUT2D eigenvalue weighted by molar-refractivity contribution is -0.143. The van der Waals surface area contributed by atoms with Crippen molar-refractivity contribution in [1.82, 2.24) is 4.90 Å². The second-order valence-corrected chi connectivity index (χ2v) is 5.82. The van der Waals surface area contributed by atoms with Crippen LogP contribution in [0.3, 0.4) is 0 Å². The number of nitrogens with zero attached hydrogens (tertiary/aromatic N) is 1. The summed E-state index contributed by atoms with van der Waals surface area (Å²) in [6.07, 6.45) is 2.08. The molecular weight excluding hydrogens is 272 g/mol. The van der Waals surface area contributed by atoms with E-state index in [-0.39, 0.29) is 5.92 Å². The van der Waals surface area contributed by atoms with Crippen molar-refractivity contribution in [2.24, 2.45) is 11.7 Å². The van der Waals surface area contributed by atoms with E-state index in [4.69, 9.17) is 23.1 Å². The third-order valence-electron chi connectivity index (χ3n) is 3.81. The quantitative estimate of drug-likeness (QED) is 0.810. The Morgan fingerprint density at radius 2 is 1.90 bits per heavy atom. The number of piperidine rings is 1. The van der Waals surface area contributed by atoms with Gasteiger partial charge in [-0.25, -0.2) is 0 Å². The Kier molecular flexibility index (Phi) is 5.09. The zero-order valence-electron chi connectivity index (χ0n) is 11.4. The fourth-order valence-electron chi connectivity index (χ4n) is 2.65. The van der Waals surface area contributed by atoms with Crippen molar-refractivity contribution in [3.63, 3.8) is 0 Å². The molecule has 0 aliphatic carbocycles. The average molecular weight is 292 g/mol. The van der Waals surface area contributed by atoms with Crippen LogP contribution in [0, 0.1) is 5.92 Å². The van der Waals surface area contributed by atoms with Crippen LogP contribution in [-0.4, -0.2) is 34.1 Å².